The first kappa shape index (κ1) is 18.8. The van der Waals surface area contributed by atoms with Crippen molar-refractivity contribution >= 4 is 33.6 Å². The molecule has 0 bridgehead atoms. The van der Waals surface area contributed by atoms with Gasteiger partial charge in [-0.2, -0.15) is 0 Å². The van der Waals surface area contributed by atoms with Gasteiger partial charge in [-0.25, -0.2) is 4.58 Å². The SMILES string of the molecule is COC1(O)C2c3cc4ccccc4cc3C3=[N+](C=NC4Oc5ccc6cc(C)ccc6c5C34)C21. The van der Waals surface area contributed by atoms with Crippen LogP contribution in [0.3, 0.4) is 0 Å². The van der Waals surface area contributed by atoms with Gasteiger partial charge in [-0.05, 0) is 57.2 Å². The minimum atomic E-state index is -1.24. The van der Waals surface area contributed by atoms with E-state index in [4.69, 9.17) is 14.5 Å². The molecule has 0 radical (unpaired) electrons. The van der Waals surface area contributed by atoms with Gasteiger partial charge in [0.15, 0.2) is 6.04 Å². The highest BCUT2D eigenvalue weighted by atomic mass is 16.6. The fourth-order valence-electron chi connectivity index (χ4n) is 6.57. The van der Waals surface area contributed by atoms with E-state index in [0.717, 1.165) is 22.6 Å². The molecular formula is C29H23N2O3+. The van der Waals surface area contributed by atoms with Crippen molar-refractivity contribution in [3.63, 3.8) is 0 Å². The van der Waals surface area contributed by atoms with E-state index < -0.39 is 5.79 Å². The van der Waals surface area contributed by atoms with Gasteiger partial charge in [0.05, 0.1) is 5.92 Å². The van der Waals surface area contributed by atoms with Gasteiger partial charge in [0.25, 0.3) is 12.6 Å². The maximum Gasteiger partial charge on any atom is 0.293 e. The molecule has 0 amide bonds. The van der Waals surface area contributed by atoms with Gasteiger partial charge in [-0.15, -0.1) is 0 Å². The summed E-state index contributed by atoms with van der Waals surface area (Å²) in [6.07, 6.45) is 1.53. The van der Waals surface area contributed by atoms with E-state index >= 15 is 0 Å². The van der Waals surface area contributed by atoms with Crippen LogP contribution in [0.15, 0.2) is 71.7 Å². The number of hydrogen-bond acceptors (Lipinski definition) is 4. The zero-order valence-corrected chi connectivity index (χ0v) is 18.9. The first-order chi connectivity index (χ1) is 16.6. The van der Waals surface area contributed by atoms with Crippen LogP contribution in [0.2, 0.25) is 0 Å². The zero-order chi connectivity index (χ0) is 22.8. The van der Waals surface area contributed by atoms with Gasteiger partial charge in [0.2, 0.25) is 5.79 Å². The summed E-state index contributed by atoms with van der Waals surface area (Å²) < 4.78 is 14.2. The lowest BCUT2D eigenvalue weighted by molar-refractivity contribution is -0.444. The van der Waals surface area contributed by atoms with Crippen LogP contribution in [0.5, 0.6) is 5.75 Å². The van der Waals surface area contributed by atoms with E-state index in [-0.39, 0.29) is 24.1 Å². The third-order valence-corrected chi connectivity index (χ3v) is 8.16. The van der Waals surface area contributed by atoms with Crippen molar-refractivity contribution in [1.82, 2.24) is 0 Å². The van der Waals surface area contributed by atoms with Gasteiger partial charge in [0, 0.05) is 18.2 Å². The summed E-state index contributed by atoms with van der Waals surface area (Å²) >= 11 is 0. The second-order valence-electron chi connectivity index (χ2n) is 9.91. The van der Waals surface area contributed by atoms with Crippen molar-refractivity contribution in [2.24, 2.45) is 4.99 Å². The Morgan fingerprint density at radius 3 is 2.65 bits per heavy atom. The van der Waals surface area contributed by atoms with Crippen molar-refractivity contribution in [3.05, 3.63) is 89.0 Å². The summed E-state index contributed by atoms with van der Waals surface area (Å²) in [7, 11) is 1.59. The number of rotatable bonds is 1. The van der Waals surface area contributed by atoms with Crippen LogP contribution in [0, 0.1) is 6.92 Å². The summed E-state index contributed by atoms with van der Waals surface area (Å²) in [6.45, 7) is 2.12. The van der Waals surface area contributed by atoms with Gasteiger partial charge in [0.1, 0.15) is 17.4 Å². The zero-order valence-electron chi connectivity index (χ0n) is 18.9. The van der Waals surface area contributed by atoms with Crippen LogP contribution in [-0.2, 0) is 4.74 Å². The highest BCUT2D eigenvalue weighted by molar-refractivity contribution is 6.11. The van der Waals surface area contributed by atoms with Crippen LogP contribution >= 0.6 is 0 Å². The molecule has 3 heterocycles. The fraction of sp³-hybridized carbons (Fsp3) is 0.241. The molecule has 5 unspecified atom stereocenters. The molecule has 3 aliphatic heterocycles. The Kier molecular flexibility index (Phi) is 3.39. The van der Waals surface area contributed by atoms with E-state index in [9.17, 15) is 5.11 Å². The highest BCUT2D eigenvalue weighted by Crippen LogP contribution is 2.59. The van der Waals surface area contributed by atoms with Gasteiger partial charge < -0.3 is 14.6 Å². The highest BCUT2D eigenvalue weighted by Gasteiger charge is 2.74. The Labute approximate surface area is 196 Å². The third kappa shape index (κ3) is 2.17. The third-order valence-electron chi connectivity index (χ3n) is 8.16. The standard InChI is InChI=1S/C29H23N2O3/c1-15-7-9-19-18(11-15)8-10-22-23(19)24-26-21-13-17-6-4-3-5-16(17)12-20(21)25-27(29(25,32)33-2)31(26)14-30-28(24)34-22/h3-14,24-25,27-28,32H,1-2H3/q+1. The largest absolute Gasteiger partial charge is 0.447 e. The lowest BCUT2D eigenvalue weighted by Gasteiger charge is -2.25. The second-order valence-corrected chi connectivity index (χ2v) is 9.91. The predicted molar refractivity (Wildman–Crippen MR) is 131 cm³/mol. The van der Waals surface area contributed by atoms with Crippen LogP contribution in [0.1, 0.15) is 34.1 Å². The van der Waals surface area contributed by atoms with Crippen LogP contribution in [-0.4, -0.2) is 46.9 Å². The number of ether oxygens (including phenoxy) is 2. The first-order valence-corrected chi connectivity index (χ1v) is 11.8. The molecule has 1 fully saturated rings. The molecular weight excluding hydrogens is 424 g/mol. The molecule has 4 aromatic carbocycles. The van der Waals surface area contributed by atoms with Crippen molar-refractivity contribution in [3.8, 4) is 5.75 Å². The molecule has 5 atom stereocenters. The van der Waals surface area contributed by atoms with Gasteiger partial charge in [-0.3, -0.25) is 0 Å². The van der Waals surface area contributed by atoms with E-state index in [0.29, 0.717) is 0 Å². The van der Waals surface area contributed by atoms with Crippen molar-refractivity contribution in [2.45, 2.75) is 36.8 Å². The number of nitrogens with zero attached hydrogens (tertiary/aromatic N) is 2. The number of fused-ring (bicyclic) bond motifs is 12. The number of aliphatic hydroxyl groups is 1. The quantitative estimate of drug-likeness (QED) is 0.346. The number of methoxy groups -OCH3 is 1. The monoisotopic (exact) mass is 447 g/mol. The van der Waals surface area contributed by atoms with E-state index in [1.54, 1.807) is 7.11 Å². The van der Waals surface area contributed by atoms with Crippen molar-refractivity contribution < 1.29 is 19.2 Å². The minimum absolute atomic E-state index is 0.0611. The smallest absolute Gasteiger partial charge is 0.293 e. The average Bonchev–Trinajstić information content (AvgIpc) is 3.30. The summed E-state index contributed by atoms with van der Waals surface area (Å²) in [5.41, 5.74) is 5.84. The molecule has 166 valence electrons. The molecule has 4 aliphatic rings. The van der Waals surface area contributed by atoms with Crippen LogP contribution in [0.4, 0.5) is 0 Å². The number of aliphatic imine (C=N–C) groups is 1. The molecule has 1 aliphatic carbocycles. The lowest BCUT2D eigenvalue weighted by Crippen LogP contribution is -2.41. The molecule has 4 aromatic rings. The van der Waals surface area contributed by atoms with Gasteiger partial charge in [-0.1, -0.05) is 54.1 Å². The Morgan fingerprint density at radius 1 is 1.00 bits per heavy atom. The first-order valence-electron chi connectivity index (χ1n) is 11.8. The topological polar surface area (TPSA) is 54.1 Å². The summed E-state index contributed by atoms with van der Waals surface area (Å²) in [6, 6.07) is 23.5. The van der Waals surface area contributed by atoms with Crippen LogP contribution in [0.25, 0.3) is 21.5 Å². The molecule has 0 saturated heterocycles. The number of benzene rings is 4. The molecule has 8 rings (SSSR count). The predicted octanol–water partition coefficient (Wildman–Crippen LogP) is 4.46. The maximum atomic E-state index is 11.4. The maximum absolute atomic E-state index is 11.4. The van der Waals surface area contributed by atoms with E-state index in [1.165, 1.54) is 32.7 Å². The number of hydrogen-bond donors (Lipinski definition) is 1. The molecule has 5 heteroatoms. The Hall–Kier alpha value is -3.54. The minimum Gasteiger partial charge on any atom is -0.447 e. The lowest BCUT2D eigenvalue weighted by atomic mass is 9.81. The molecule has 34 heavy (non-hydrogen) atoms. The van der Waals surface area contributed by atoms with E-state index in [1.807, 2.05) is 6.34 Å². The second kappa shape index (κ2) is 6.12. The molecule has 5 nitrogen and oxygen atoms in total. The molecule has 1 N–H and O–H groups in total. The molecule has 0 aromatic heterocycles. The average molecular weight is 448 g/mol. The molecule has 1 saturated carbocycles. The molecule has 0 spiro atoms. The fourth-order valence-corrected chi connectivity index (χ4v) is 6.57. The Balaban J connectivity index is 1.44. The van der Waals surface area contributed by atoms with Gasteiger partial charge >= 0.3 is 0 Å². The summed E-state index contributed by atoms with van der Waals surface area (Å²) in [5, 5.41) is 16.2. The summed E-state index contributed by atoms with van der Waals surface area (Å²) in [5.74, 6) is -0.536. The Bertz CT molecular complexity index is 1640. The van der Waals surface area contributed by atoms with Crippen molar-refractivity contribution in [1.29, 1.82) is 0 Å². The normalized spacial score (nSPS) is 29.9. The number of aryl methyl sites for hydroxylation is 1. The Morgan fingerprint density at radius 2 is 1.82 bits per heavy atom. The van der Waals surface area contributed by atoms with E-state index in [2.05, 4.69) is 78.2 Å². The summed E-state index contributed by atoms with van der Waals surface area (Å²) in [4.78, 5) is 4.82. The van der Waals surface area contributed by atoms with Crippen molar-refractivity contribution in [2.75, 3.05) is 7.11 Å². The van der Waals surface area contributed by atoms with Crippen LogP contribution < -0.4 is 4.74 Å².